The Kier molecular flexibility index (Phi) is 4.16. The highest BCUT2D eigenvalue weighted by atomic mass is 16.4. The predicted molar refractivity (Wildman–Crippen MR) is 58.8 cm³/mol. The van der Waals surface area contributed by atoms with Crippen molar-refractivity contribution in [3.8, 4) is 5.75 Å². The molecular weight excluding hydrogens is 224 g/mol. The number of aromatic hydroxyl groups is 1. The minimum Gasteiger partial charge on any atom is -0.508 e. The summed E-state index contributed by atoms with van der Waals surface area (Å²) >= 11 is 0. The van der Waals surface area contributed by atoms with Gasteiger partial charge in [-0.2, -0.15) is 0 Å². The lowest BCUT2D eigenvalue weighted by Crippen LogP contribution is -2.10. The lowest BCUT2D eigenvalue weighted by atomic mass is 10.1. The number of carboxylic acids is 1. The third-order valence-electron chi connectivity index (χ3n) is 1.96. The van der Waals surface area contributed by atoms with Gasteiger partial charge < -0.3 is 10.2 Å². The molecule has 0 amide bonds. The van der Waals surface area contributed by atoms with Gasteiger partial charge in [-0.1, -0.05) is 6.08 Å². The molecule has 0 aliphatic heterocycles. The fraction of sp³-hybridized carbons (Fsp3) is 0.0833. The second-order valence-corrected chi connectivity index (χ2v) is 3.25. The number of allylic oxidation sites excluding steroid dienone is 2. The average molecular weight is 234 g/mol. The first-order chi connectivity index (χ1) is 8.00. The normalized spacial score (nSPS) is 10.4. The van der Waals surface area contributed by atoms with Gasteiger partial charge in [0, 0.05) is 12.0 Å². The maximum Gasteiger partial charge on any atom is 0.372 e. The molecule has 88 valence electrons. The molecule has 5 nitrogen and oxygen atoms in total. The van der Waals surface area contributed by atoms with E-state index in [-0.39, 0.29) is 18.0 Å². The first-order valence-electron chi connectivity index (χ1n) is 4.76. The third-order valence-corrected chi connectivity index (χ3v) is 1.96. The molecule has 0 saturated carbocycles. The number of phenolic OH excluding ortho intramolecular Hbond substituents is 1. The maximum absolute atomic E-state index is 11.5. The molecule has 2 N–H and O–H groups in total. The minimum atomic E-state index is -1.52. The lowest BCUT2D eigenvalue weighted by molar-refractivity contribution is -0.148. The number of benzene rings is 1. The van der Waals surface area contributed by atoms with Crippen LogP contribution >= 0.6 is 0 Å². The maximum atomic E-state index is 11.5. The van der Waals surface area contributed by atoms with Gasteiger partial charge in [-0.3, -0.25) is 9.59 Å². The SMILES string of the molecule is O=C(O)C(=O)CC=CC(=O)c1ccc(O)cc1. The highest BCUT2D eigenvalue weighted by Crippen LogP contribution is 2.10. The molecule has 5 heteroatoms. The summed E-state index contributed by atoms with van der Waals surface area (Å²) in [4.78, 5) is 32.4. The summed E-state index contributed by atoms with van der Waals surface area (Å²) in [5.74, 6) is -2.80. The van der Waals surface area contributed by atoms with Crippen molar-refractivity contribution in [2.24, 2.45) is 0 Å². The summed E-state index contributed by atoms with van der Waals surface area (Å²) in [5, 5.41) is 17.3. The number of aliphatic carboxylic acids is 1. The van der Waals surface area contributed by atoms with Crippen LogP contribution in [0.5, 0.6) is 5.75 Å². The molecule has 1 aromatic carbocycles. The molecule has 1 aromatic rings. The summed E-state index contributed by atoms with van der Waals surface area (Å²) in [7, 11) is 0. The Hall–Kier alpha value is -2.43. The molecule has 0 radical (unpaired) electrons. The quantitative estimate of drug-likeness (QED) is 0.453. The Labute approximate surface area is 97.0 Å². The first-order valence-corrected chi connectivity index (χ1v) is 4.76. The van der Waals surface area contributed by atoms with Crippen molar-refractivity contribution in [1.82, 2.24) is 0 Å². The summed E-state index contributed by atoms with van der Waals surface area (Å²) in [5.41, 5.74) is 0.349. The summed E-state index contributed by atoms with van der Waals surface area (Å²) < 4.78 is 0. The van der Waals surface area contributed by atoms with Gasteiger partial charge in [-0.05, 0) is 30.3 Å². The van der Waals surface area contributed by atoms with Crippen molar-refractivity contribution in [1.29, 1.82) is 0 Å². The van der Waals surface area contributed by atoms with Crippen LogP contribution in [0.2, 0.25) is 0 Å². The zero-order chi connectivity index (χ0) is 12.8. The van der Waals surface area contributed by atoms with Crippen LogP contribution in [0.1, 0.15) is 16.8 Å². The van der Waals surface area contributed by atoms with Crippen LogP contribution in [0, 0.1) is 0 Å². The fourth-order valence-electron chi connectivity index (χ4n) is 1.08. The molecule has 0 heterocycles. The van der Waals surface area contributed by atoms with Crippen LogP contribution in [0.3, 0.4) is 0 Å². The van der Waals surface area contributed by atoms with Gasteiger partial charge in [-0.15, -0.1) is 0 Å². The summed E-state index contributed by atoms with van der Waals surface area (Å²) in [6.45, 7) is 0. The fourth-order valence-corrected chi connectivity index (χ4v) is 1.08. The Morgan fingerprint density at radius 2 is 1.71 bits per heavy atom. The van der Waals surface area contributed by atoms with Gasteiger partial charge >= 0.3 is 5.97 Å². The lowest BCUT2D eigenvalue weighted by Gasteiger charge is -1.95. The standard InChI is InChI=1S/C12H10O5/c13-9-6-4-8(5-7-9)10(14)2-1-3-11(15)12(16)17/h1-2,4-7,13H,3H2,(H,16,17). The Balaban J connectivity index is 2.61. The van der Waals surface area contributed by atoms with E-state index in [1.807, 2.05) is 0 Å². The number of carbonyl (C=O) groups excluding carboxylic acids is 2. The zero-order valence-corrected chi connectivity index (χ0v) is 8.79. The van der Waals surface area contributed by atoms with Crippen LogP contribution in [-0.2, 0) is 9.59 Å². The Morgan fingerprint density at radius 3 is 2.24 bits per heavy atom. The van der Waals surface area contributed by atoms with Gasteiger partial charge in [0.1, 0.15) is 5.75 Å². The molecule has 0 aromatic heterocycles. The molecular formula is C12H10O5. The molecule has 1 rings (SSSR count). The van der Waals surface area contributed by atoms with Gasteiger partial charge in [-0.25, -0.2) is 4.79 Å². The highest BCUT2D eigenvalue weighted by molar-refractivity contribution is 6.33. The summed E-state index contributed by atoms with van der Waals surface area (Å²) in [6, 6.07) is 5.59. The number of hydrogen-bond donors (Lipinski definition) is 2. The van der Waals surface area contributed by atoms with Gasteiger partial charge in [0.05, 0.1) is 0 Å². The molecule has 0 atom stereocenters. The van der Waals surface area contributed by atoms with E-state index in [0.29, 0.717) is 5.56 Å². The van der Waals surface area contributed by atoms with Crippen molar-refractivity contribution >= 4 is 17.5 Å². The van der Waals surface area contributed by atoms with E-state index in [4.69, 9.17) is 10.2 Å². The number of rotatable bonds is 5. The number of phenols is 1. The smallest absolute Gasteiger partial charge is 0.372 e. The van der Waals surface area contributed by atoms with Crippen LogP contribution in [-0.4, -0.2) is 27.7 Å². The topological polar surface area (TPSA) is 91.7 Å². The Bertz CT molecular complexity index is 470. The molecule has 0 bridgehead atoms. The van der Waals surface area contributed by atoms with Crippen molar-refractivity contribution < 1.29 is 24.6 Å². The molecule has 0 spiro atoms. The number of hydrogen-bond acceptors (Lipinski definition) is 4. The van der Waals surface area contributed by atoms with Crippen molar-refractivity contribution in [3.05, 3.63) is 42.0 Å². The largest absolute Gasteiger partial charge is 0.508 e. The van der Waals surface area contributed by atoms with Crippen LogP contribution in [0.15, 0.2) is 36.4 Å². The monoisotopic (exact) mass is 234 g/mol. The molecule has 0 aliphatic rings. The Morgan fingerprint density at radius 1 is 1.12 bits per heavy atom. The minimum absolute atomic E-state index is 0.0478. The number of carbonyl (C=O) groups is 3. The van der Waals surface area contributed by atoms with E-state index >= 15 is 0 Å². The van der Waals surface area contributed by atoms with Crippen molar-refractivity contribution in [2.45, 2.75) is 6.42 Å². The molecule has 0 aliphatic carbocycles. The van der Waals surface area contributed by atoms with Gasteiger partial charge in [0.15, 0.2) is 5.78 Å². The van der Waals surface area contributed by atoms with E-state index in [9.17, 15) is 14.4 Å². The highest BCUT2D eigenvalue weighted by Gasteiger charge is 2.08. The van der Waals surface area contributed by atoms with E-state index in [1.165, 1.54) is 30.3 Å². The van der Waals surface area contributed by atoms with Gasteiger partial charge in [0.25, 0.3) is 0 Å². The van der Waals surface area contributed by atoms with Crippen LogP contribution in [0.4, 0.5) is 0 Å². The van der Waals surface area contributed by atoms with E-state index in [1.54, 1.807) is 0 Å². The second-order valence-electron chi connectivity index (χ2n) is 3.25. The zero-order valence-electron chi connectivity index (χ0n) is 8.79. The van der Waals surface area contributed by atoms with Crippen molar-refractivity contribution in [2.75, 3.05) is 0 Å². The number of ketones is 2. The molecule has 17 heavy (non-hydrogen) atoms. The molecule has 0 unspecified atom stereocenters. The molecule has 0 saturated heterocycles. The van der Waals surface area contributed by atoms with E-state index < -0.39 is 11.8 Å². The van der Waals surface area contributed by atoms with Crippen LogP contribution in [0.25, 0.3) is 0 Å². The number of Topliss-reactive ketones (excluding diaryl/α,β-unsaturated/α-hetero) is 1. The second kappa shape index (κ2) is 5.60. The van der Waals surface area contributed by atoms with E-state index in [2.05, 4.69) is 0 Å². The van der Waals surface area contributed by atoms with Gasteiger partial charge in [0.2, 0.25) is 5.78 Å². The van der Waals surface area contributed by atoms with Crippen LogP contribution < -0.4 is 0 Å². The molecule has 0 fully saturated rings. The summed E-state index contributed by atoms with van der Waals surface area (Å²) in [6.07, 6.45) is 2.01. The predicted octanol–water partition coefficient (Wildman–Crippen LogP) is 1.17. The van der Waals surface area contributed by atoms with E-state index in [0.717, 1.165) is 6.08 Å². The number of carboxylic acid groups (broad SMARTS) is 1. The first kappa shape index (κ1) is 12.6. The average Bonchev–Trinajstić information content (AvgIpc) is 2.29. The third kappa shape index (κ3) is 3.90. The van der Waals surface area contributed by atoms with Crippen molar-refractivity contribution in [3.63, 3.8) is 0 Å².